The molecule has 0 saturated heterocycles. The van der Waals surface area contributed by atoms with Gasteiger partial charge in [-0.2, -0.15) is 0 Å². The number of amides is 1. The van der Waals surface area contributed by atoms with Crippen molar-refractivity contribution >= 4 is 23.0 Å². The molecule has 30 heavy (non-hydrogen) atoms. The van der Waals surface area contributed by atoms with Gasteiger partial charge in [-0.15, -0.1) is 0 Å². The molecule has 0 fully saturated rings. The number of ether oxygens (including phenoxy) is 2. The van der Waals surface area contributed by atoms with Gasteiger partial charge in [0.15, 0.2) is 0 Å². The number of rotatable bonds is 7. The lowest BCUT2D eigenvalue weighted by Crippen LogP contribution is -2.45. The maximum Gasteiger partial charge on any atom is 0.408 e. The van der Waals surface area contributed by atoms with Crippen LogP contribution in [0.5, 0.6) is 5.75 Å². The third-order valence-corrected chi connectivity index (χ3v) is 4.32. The monoisotopic (exact) mass is 417 g/mol. The molecule has 1 heterocycles. The minimum absolute atomic E-state index is 0.314. The summed E-state index contributed by atoms with van der Waals surface area (Å²) in [7, 11) is 0. The summed E-state index contributed by atoms with van der Waals surface area (Å²) >= 11 is 0. The Hall–Kier alpha value is -2.83. The number of aryl methyl sites for hydroxylation is 2. The quantitative estimate of drug-likeness (QED) is 0.400. The average Bonchev–Trinajstić information content (AvgIpc) is 2.59. The van der Waals surface area contributed by atoms with E-state index in [-0.39, 0.29) is 0 Å². The summed E-state index contributed by atoms with van der Waals surface area (Å²) in [6, 6.07) is 4.05. The molecule has 0 radical (unpaired) electrons. The molecule has 0 aliphatic heterocycles. The summed E-state index contributed by atoms with van der Waals surface area (Å²) in [4.78, 5) is 37.0. The smallest absolute Gasteiger partial charge is 0.408 e. The third kappa shape index (κ3) is 6.34. The second-order valence-corrected chi connectivity index (χ2v) is 8.39. The van der Waals surface area contributed by atoms with E-state index in [1.165, 1.54) is 6.07 Å². The molecule has 2 aromatic rings. The number of carbonyl (C=O) groups is 2. The van der Waals surface area contributed by atoms with Crippen LogP contribution in [0, 0.1) is 6.92 Å². The van der Waals surface area contributed by atoms with E-state index in [2.05, 4.69) is 5.32 Å². The van der Waals surface area contributed by atoms with Crippen molar-refractivity contribution < 1.29 is 23.5 Å². The summed E-state index contributed by atoms with van der Waals surface area (Å²) in [5.74, 6) is -0.280. The lowest BCUT2D eigenvalue weighted by atomic mass is 10.0. The SMILES string of the molecule is CCCc1cc(=O)oc2cc(C)cc(OC(=O)C(CCC)NC(=O)OC(C)(C)C)c12. The fraction of sp³-hybridized carbons (Fsp3) is 0.522. The van der Waals surface area contributed by atoms with E-state index >= 15 is 0 Å². The van der Waals surface area contributed by atoms with E-state index < -0.39 is 29.3 Å². The summed E-state index contributed by atoms with van der Waals surface area (Å²) in [5, 5.41) is 3.20. The Morgan fingerprint density at radius 3 is 2.43 bits per heavy atom. The average molecular weight is 418 g/mol. The summed E-state index contributed by atoms with van der Waals surface area (Å²) < 4.78 is 16.3. The van der Waals surface area contributed by atoms with Crippen molar-refractivity contribution in [2.24, 2.45) is 0 Å². The molecule has 1 unspecified atom stereocenters. The molecule has 0 aliphatic carbocycles. The molecular weight excluding hydrogens is 386 g/mol. The first-order valence-corrected chi connectivity index (χ1v) is 10.3. The van der Waals surface area contributed by atoms with E-state index in [1.807, 2.05) is 20.8 Å². The molecule has 0 spiro atoms. The first kappa shape index (κ1) is 23.4. The Labute approximate surface area is 176 Å². The summed E-state index contributed by atoms with van der Waals surface area (Å²) in [6.45, 7) is 11.0. The molecule has 164 valence electrons. The highest BCUT2D eigenvalue weighted by atomic mass is 16.6. The summed E-state index contributed by atoms with van der Waals surface area (Å²) in [5.41, 5.74) is 0.808. The Morgan fingerprint density at radius 1 is 1.13 bits per heavy atom. The van der Waals surface area contributed by atoms with E-state index in [1.54, 1.807) is 32.9 Å². The zero-order valence-corrected chi connectivity index (χ0v) is 18.6. The Balaban J connectivity index is 2.37. The fourth-order valence-electron chi connectivity index (χ4n) is 3.18. The van der Waals surface area contributed by atoms with Crippen LogP contribution >= 0.6 is 0 Å². The van der Waals surface area contributed by atoms with Gasteiger partial charge in [-0.05, 0) is 63.8 Å². The van der Waals surface area contributed by atoms with Crippen LogP contribution < -0.4 is 15.7 Å². The van der Waals surface area contributed by atoms with Gasteiger partial charge in [0.2, 0.25) is 0 Å². The van der Waals surface area contributed by atoms with E-state index in [0.29, 0.717) is 36.0 Å². The minimum atomic E-state index is -0.856. The highest BCUT2D eigenvalue weighted by Gasteiger charge is 2.26. The van der Waals surface area contributed by atoms with Crippen molar-refractivity contribution in [1.82, 2.24) is 5.32 Å². The number of esters is 1. The van der Waals surface area contributed by atoms with Gasteiger partial charge >= 0.3 is 17.7 Å². The van der Waals surface area contributed by atoms with Gasteiger partial charge in [0.25, 0.3) is 0 Å². The molecule has 1 aromatic carbocycles. The van der Waals surface area contributed by atoms with Crippen molar-refractivity contribution in [2.45, 2.75) is 78.9 Å². The predicted octanol–water partition coefficient (Wildman–Crippen LogP) is 4.65. The summed E-state index contributed by atoms with van der Waals surface area (Å²) in [6.07, 6.45) is 1.85. The zero-order valence-electron chi connectivity index (χ0n) is 18.6. The lowest BCUT2D eigenvalue weighted by Gasteiger charge is -2.23. The van der Waals surface area contributed by atoms with Crippen LogP contribution in [-0.2, 0) is 16.0 Å². The maximum atomic E-state index is 12.9. The second kappa shape index (κ2) is 9.78. The number of hydrogen-bond donors (Lipinski definition) is 1. The van der Waals surface area contributed by atoms with Crippen molar-refractivity contribution in [1.29, 1.82) is 0 Å². The molecule has 7 nitrogen and oxygen atoms in total. The lowest BCUT2D eigenvalue weighted by molar-refractivity contribution is -0.136. The molecule has 1 amide bonds. The van der Waals surface area contributed by atoms with E-state index in [4.69, 9.17) is 13.9 Å². The van der Waals surface area contributed by atoms with E-state index in [0.717, 1.165) is 17.5 Å². The van der Waals surface area contributed by atoms with Crippen LogP contribution in [0.25, 0.3) is 11.0 Å². The number of alkyl carbamates (subject to hydrolysis) is 1. The molecule has 1 atom stereocenters. The molecule has 0 aliphatic rings. The van der Waals surface area contributed by atoms with Gasteiger partial charge in [-0.3, -0.25) is 0 Å². The fourth-order valence-corrected chi connectivity index (χ4v) is 3.18. The van der Waals surface area contributed by atoms with Crippen LogP contribution in [0.3, 0.4) is 0 Å². The predicted molar refractivity (Wildman–Crippen MR) is 115 cm³/mol. The van der Waals surface area contributed by atoms with Gasteiger partial charge in [0, 0.05) is 6.07 Å². The highest BCUT2D eigenvalue weighted by Crippen LogP contribution is 2.31. The number of carbonyl (C=O) groups excluding carboxylic acids is 2. The van der Waals surface area contributed by atoms with Gasteiger partial charge in [-0.25, -0.2) is 14.4 Å². The van der Waals surface area contributed by atoms with Gasteiger partial charge in [-0.1, -0.05) is 26.7 Å². The number of benzene rings is 1. The Kier molecular flexibility index (Phi) is 7.65. The first-order chi connectivity index (χ1) is 14.0. The number of nitrogens with one attached hydrogen (secondary N) is 1. The number of fused-ring (bicyclic) bond motifs is 1. The van der Waals surface area contributed by atoms with Gasteiger partial charge in [0.05, 0.1) is 5.39 Å². The minimum Gasteiger partial charge on any atom is -0.444 e. The topological polar surface area (TPSA) is 94.8 Å². The first-order valence-electron chi connectivity index (χ1n) is 10.3. The van der Waals surface area contributed by atoms with Crippen LogP contribution in [0.1, 0.15) is 65.0 Å². The van der Waals surface area contributed by atoms with E-state index in [9.17, 15) is 14.4 Å². The van der Waals surface area contributed by atoms with Crippen LogP contribution in [0.2, 0.25) is 0 Å². The largest absolute Gasteiger partial charge is 0.444 e. The second-order valence-electron chi connectivity index (χ2n) is 8.39. The number of hydrogen-bond acceptors (Lipinski definition) is 6. The molecule has 1 aromatic heterocycles. The standard InChI is InChI=1S/C23H31NO6/c1-7-9-15-13-19(25)28-17-11-14(3)12-18(20(15)17)29-21(26)16(10-8-2)24-22(27)30-23(4,5)6/h11-13,16H,7-10H2,1-6H3,(H,24,27). The Morgan fingerprint density at radius 2 is 1.83 bits per heavy atom. The maximum absolute atomic E-state index is 12.9. The van der Waals surface area contributed by atoms with Crippen LogP contribution in [-0.4, -0.2) is 23.7 Å². The molecule has 0 bridgehead atoms. The van der Waals surface area contributed by atoms with Crippen molar-refractivity contribution in [3.8, 4) is 5.75 Å². The third-order valence-electron chi connectivity index (χ3n) is 4.32. The normalized spacial score (nSPS) is 12.5. The van der Waals surface area contributed by atoms with Gasteiger partial charge < -0.3 is 19.2 Å². The van der Waals surface area contributed by atoms with Crippen molar-refractivity contribution in [3.63, 3.8) is 0 Å². The molecule has 1 N–H and O–H groups in total. The molecule has 0 saturated carbocycles. The van der Waals surface area contributed by atoms with Gasteiger partial charge in [0.1, 0.15) is 23.0 Å². The Bertz CT molecular complexity index is 970. The van der Waals surface area contributed by atoms with Crippen molar-refractivity contribution in [2.75, 3.05) is 0 Å². The van der Waals surface area contributed by atoms with Crippen LogP contribution in [0.4, 0.5) is 4.79 Å². The highest BCUT2D eigenvalue weighted by molar-refractivity contribution is 5.91. The van der Waals surface area contributed by atoms with Crippen LogP contribution in [0.15, 0.2) is 27.4 Å². The molecule has 2 rings (SSSR count). The molecular formula is C23H31NO6. The zero-order chi connectivity index (χ0) is 22.5. The van der Waals surface area contributed by atoms with Crippen molar-refractivity contribution in [3.05, 3.63) is 39.7 Å². The molecule has 7 heteroatoms.